The first kappa shape index (κ1) is 17.4. The van der Waals surface area contributed by atoms with Crippen LogP contribution in [0.15, 0.2) is 28.7 Å². The predicted molar refractivity (Wildman–Crippen MR) is 109 cm³/mol. The van der Waals surface area contributed by atoms with Crippen molar-refractivity contribution in [1.82, 2.24) is 10.3 Å². The van der Waals surface area contributed by atoms with Gasteiger partial charge in [0, 0.05) is 27.6 Å². The van der Waals surface area contributed by atoms with Crippen LogP contribution in [0.1, 0.15) is 34.0 Å². The van der Waals surface area contributed by atoms with E-state index >= 15 is 0 Å². The molecule has 0 amide bonds. The van der Waals surface area contributed by atoms with Crippen LogP contribution in [0.2, 0.25) is 0 Å². The molecule has 0 bridgehead atoms. The third-order valence-corrected chi connectivity index (χ3v) is 5.89. The summed E-state index contributed by atoms with van der Waals surface area (Å²) in [6.07, 6.45) is 1.03. The molecule has 26 heavy (non-hydrogen) atoms. The number of ether oxygens (including phenoxy) is 2. The average Bonchev–Trinajstić information content (AvgIpc) is 2.99. The molecule has 1 aliphatic rings. The lowest BCUT2D eigenvalue weighted by molar-refractivity contribution is 0.353. The van der Waals surface area contributed by atoms with Crippen molar-refractivity contribution in [3.8, 4) is 11.5 Å². The van der Waals surface area contributed by atoms with Crippen LogP contribution >= 0.6 is 15.9 Å². The van der Waals surface area contributed by atoms with E-state index in [4.69, 9.17) is 9.47 Å². The first-order chi connectivity index (χ1) is 12.5. The van der Waals surface area contributed by atoms with Gasteiger partial charge < -0.3 is 19.8 Å². The predicted octanol–water partition coefficient (Wildman–Crippen LogP) is 4.80. The molecular formula is C21H23BrN2O2. The number of H-pyrrole nitrogens is 1. The third kappa shape index (κ3) is 2.70. The van der Waals surface area contributed by atoms with E-state index in [1.807, 2.05) is 6.07 Å². The van der Waals surface area contributed by atoms with E-state index in [1.54, 1.807) is 14.2 Å². The Bertz CT molecular complexity index is 994. The molecule has 2 N–H and O–H groups in total. The summed E-state index contributed by atoms with van der Waals surface area (Å²) in [7, 11) is 3.33. The summed E-state index contributed by atoms with van der Waals surface area (Å²) in [4.78, 5) is 3.68. The summed E-state index contributed by atoms with van der Waals surface area (Å²) >= 11 is 3.72. The van der Waals surface area contributed by atoms with E-state index in [2.05, 4.69) is 58.3 Å². The SMILES string of the molecule is COc1cc(Br)c(C2NCCc3c2[nH]c2cc(C)cc(C)c32)cc1OC. The molecule has 5 heteroatoms. The van der Waals surface area contributed by atoms with E-state index in [-0.39, 0.29) is 6.04 Å². The smallest absolute Gasteiger partial charge is 0.161 e. The molecule has 4 rings (SSSR count). The minimum absolute atomic E-state index is 0.0834. The number of aromatic nitrogens is 1. The Kier molecular flexibility index (Phi) is 4.45. The van der Waals surface area contributed by atoms with Gasteiger partial charge >= 0.3 is 0 Å². The number of methoxy groups -OCH3 is 2. The number of fused-ring (bicyclic) bond motifs is 3. The van der Waals surface area contributed by atoms with Crippen molar-refractivity contribution >= 4 is 26.8 Å². The quantitative estimate of drug-likeness (QED) is 0.646. The van der Waals surface area contributed by atoms with Crippen molar-refractivity contribution in [3.05, 3.63) is 56.7 Å². The molecule has 0 saturated carbocycles. The first-order valence-electron chi connectivity index (χ1n) is 8.80. The zero-order chi connectivity index (χ0) is 18.4. The molecule has 0 radical (unpaired) electrons. The van der Waals surface area contributed by atoms with Gasteiger partial charge in [0.15, 0.2) is 11.5 Å². The highest BCUT2D eigenvalue weighted by Gasteiger charge is 2.28. The number of benzene rings is 2. The van der Waals surface area contributed by atoms with Gasteiger partial charge in [0.25, 0.3) is 0 Å². The largest absolute Gasteiger partial charge is 0.493 e. The Morgan fingerprint density at radius 1 is 1.04 bits per heavy atom. The maximum atomic E-state index is 5.52. The van der Waals surface area contributed by atoms with Gasteiger partial charge in [-0.2, -0.15) is 0 Å². The fraction of sp³-hybridized carbons (Fsp3) is 0.333. The number of hydrogen-bond donors (Lipinski definition) is 2. The number of nitrogens with one attached hydrogen (secondary N) is 2. The second-order valence-corrected chi connectivity index (χ2v) is 7.74. The fourth-order valence-corrected chi connectivity index (χ4v) is 4.68. The maximum Gasteiger partial charge on any atom is 0.161 e. The van der Waals surface area contributed by atoms with Crippen molar-refractivity contribution in [1.29, 1.82) is 0 Å². The van der Waals surface area contributed by atoms with Gasteiger partial charge in [0.1, 0.15) is 0 Å². The Hall–Kier alpha value is -1.98. The van der Waals surface area contributed by atoms with E-state index in [1.165, 1.54) is 33.3 Å². The van der Waals surface area contributed by atoms with Crippen LogP contribution in [-0.4, -0.2) is 25.7 Å². The van der Waals surface area contributed by atoms with E-state index in [0.29, 0.717) is 0 Å². The van der Waals surface area contributed by atoms with E-state index in [0.717, 1.165) is 34.5 Å². The Morgan fingerprint density at radius 2 is 1.77 bits per heavy atom. The summed E-state index contributed by atoms with van der Waals surface area (Å²) in [6, 6.07) is 8.61. The minimum Gasteiger partial charge on any atom is -0.493 e. The molecule has 0 aliphatic carbocycles. The molecule has 1 aromatic heterocycles. The summed E-state index contributed by atoms with van der Waals surface area (Å²) in [5, 5.41) is 5.03. The molecule has 3 aromatic rings. The van der Waals surface area contributed by atoms with Crippen LogP contribution in [0.25, 0.3) is 10.9 Å². The van der Waals surface area contributed by atoms with Crippen molar-refractivity contribution < 1.29 is 9.47 Å². The summed E-state index contributed by atoms with van der Waals surface area (Å²) in [5.41, 5.74) is 7.65. The molecule has 2 heterocycles. The number of rotatable bonds is 3. The molecule has 1 atom stereocenters. The number of aryl methyl sites for hydroxylation is 2. The van der Waals surface area contributed by atoms with Crippen LogP contribution in [-0.2, 0) is 6.42 Å². The molecule has 2 aromatic carbocycles. The molecule has 0 fully saturated rings. The van der Waals surface area contributed by atoms with Crippen LogP contribution in [0, 0.1) is 13.8 Å². The van der Waals surface area contributed by atoms with Gasteiger partial charge in [-0.3, -0.25) is 0 Å². The number of halogens is 1. The normalized spacial score (nSPS) is 16.6. The fourth-order valence-electron chi connectivity index (χ4n) is 4.13. The van der Waals surface area contributed by atoms with Crippen molar-refractivity contribution in [2.24, 2.45) is 0 Å². The lowest BCUT2D eigenvalue weighted by Crippen LogP contribution is -2.30. The minimum atomic E-state index is 0.0834. The summed E-state index contributed by atoms with van der Waals surface area (Å²) in [6.45, 7) is 5.29. The topological polar surface area (TPSA) is 46.3 Å². The standard InChI is InChI=1S/C21H23BrN2O2/c1-11-7-12(2)19-13-5-6-23-20(21(13)24-16(19)8-11)14-9-17(25-3)18(26-4)10-15(14)22/h7-10,20,23-24H,5-6H2,1-4H3. The molecule has 0 spiro atoms. The average molecular weight is 415 g/mol. The Labute approximate surface area is 162 Å². The first-order valence-corrected chi connectivity index (χ1v) is 9.59. The van der Waals surface area contributed by atoms with Crippen LogP contribution < -0.4 is 14.8 Å². The molecule has 1 unspecified atom stereocenters. The number of aromatic amines is 1. The third-order valence-electron chi connectivity index (χ3n) is 5.20. The maximum absolute atomic E-state index is 5.52. The molecule has 4 nitrogen and oxygen atoms in total. The second kappa shape index (κ2) is 6.63. The monoisotopic (exact) mass is 414 g/mol. The van der Waals surface area contributed by atoms with Gasteiger partial charge in [-0.25, -0.2) is 0 Å². The van der Waals surface area contributed by atoms with E-state index in [9.17, 15) is 0 Å². The van der Waals surface area contributed by atoms with Gasteiger partial charge in [-0.05, 0) is 60.7 Å². The molecule has 1 aliphatic heterocycles. The molecule has 0 saturated heterocycles. The van der Waals surface area contributed by atoms with Crippen LogP contribution in [0.3, 0.4) is 0 Å². The lowest BCUT2D eigenvalue weighted by Gasteiger charge is -2.26. The summed E-state index contributed by atoms with van der Waals surface area (Å²) < 4.78 is 11.9. The highest BCUT2D eigenvalue weighted by Crippen LogP contribution is 2.41. The van der Waals surface area contributed by atoms with Crippen molar-refractivity contribution in [2.75, 3.05) is 20.8 Å². The number of hydrogen-bond acceptors (Lipinski definition) is 3. The lowest BCUT2D eigenvalue weighted by atomic mass is 9.92. The van der Waals surface area contributed by atoms with Crippen molar-refractivity contribution in [3.63, 3.8) is 0 Å². The highest BCUT2D eigenvalue weighted by molar-refractivity contribution is 9.10. The van der Waals surface area contributed by atoms with Gasteiger partial charge in [-0.15, -0.1) is 0 Å². The molecule has 136 valence electrons. The van der Waals surface area contributed by atoms with Crippen LogP contribution in [0.5, 0.6) is 11.5 Å². The second-order valence-electron chi connectivity index (χ2n) is 6.89. The Morgan fingerprint density at radius 3 is 2.50 bits per heavy atom. The van der Waals surface area contributed by atoms with Crippen molar-refractivity contribution in [2.45, 2.75) is 26.3 Å². The zero-order valence-electron chi connectivity index (χ0n) is 15.5. The Balaban J connectivity index is 1.90. The highest BCUT2D eigenvalue weighted by atomic mass is 79.9. The van der Waals surface area contributed by atoms with Crippen LogP contribution in [0.4, 0.5) is 0 Å². The van der Waals surface area contributed by atoms with Gasteiger partial charge in [-0.1, -0.05) is 22.0 Å². The molecular weight excluding hydrogens is 392 g/mol. The van der Waals surface area contributed by atoms with E-state index < -0.39 is 0 Å². The van der Waals surface area contributed by atoms with Gasteiger partial charge in [0.2, 0.25) is 0 Å². The summed E-state index contributed by atoms with van der Waals surface area (Å²) in [5.74, 6) is 1.46. The van der Waals surface area contributed by atoms with Gasteiger partial charge in [0.05, 0.1) is 20.3 Å². The zero-order valence-corrected chi connectivity index (χ0v) is 17.1.